The van der Waals surface area contributed by atoms with Gasteiger partial charge in [0.25, 0.3) is 0 Å². The standard InChI is InChI=1S/C13H15N5OS/c1-2-11(18-5-3-4-15-18)12(19)14-8-10-9-17-6-7-20-13(17)16-10/h3-7,9,11H,2,8H2,1H3,(H,14,19)/t11-/m0/s1. The van der Waals surface area contributed by atoms with Crippen molar-refractivity contribution in [3.8, 4) is 0 Å². The predicted octanol–water partition coefficient (Wildman–Crippen LogP) is 1.86. The topological polar surface area (TPSA) is 64.2 Å². The molecule has 1 amide bonds. The highest BCUT2D eigenvalue weighted by molar-refractivity contribution is 7.15. The van der Waals surface area contributed by atoms with E-state index in [1.807, 2.05) is 35.2 Å². The van der Waals surface area contributed by atoms with Gasteiger partial charge in [0.05, 0.1) is 12.2 Å². The molecule has 0 saturated heterocycles. The van der Waals surface area contributed by atoms with Crippen LogP contribution in [0.3, 0.4) is 0 Å². The molecule has 0 bridgehead atoms. The number of hydrogen-bond donors (Lipinski definition) is 1. The number of amides is 1. The van der Waals surface area contributed by atoms with E-state index in [1.54, 1.807) is 28.4 Å². The van der Waals surface area contributed by atoms with Crippen LogP contribution in [0.25, 0.3) is 4.96 Å². The molecular weight excluding hydrogens is 274 g/mol. The highest BCUT2D eigenvalue weighted by atomic mass is 32.1. The van der Waals surface area contributed by atoms with Gasteiger partial charge in [-0.3, -0.25) is 13.9 Å². The van der Waals surface area contributed by atoms with E-state index < -0.39 is 0 Å². The third-order valence-electron chi connectivity index (χ3n) is 3.12. The molecule has 3 rings (SSSR count). The maximum absolute atomic E-state index is 12.2. The van der Waals surface area contributed by atoms with Crippen LogP contribution in [-0.2, 0) is 11.3 Å². The van der Waals surface area contributed by atoms with Crippen molar-refractivity contribution in [2.24, 2.45) is 0 Å². The minimum absolute atomic E-state index is 0.0347. The third-order valence-corrected chi connectivity index (χ3v) is 3.89. The molecular formula is C13H15N5OS. The molecule has 20 heavy (non-hydrogen) atoms. The number of fused-ring (bicyclic) bond motifs is 1. The molecule has 104 valence electrons. The number of hydrogen-bond acceptors (Lipinski definition) is 4. The monoisotopic (exact) mass is 289 g/mol. The summed E-state index contributed by atoms with van der Waals surface area (Å²) in [5.74, 6) is -0.0347. The Labute approximate surface area is 120 Å². The largest absolute Gasteiger partial charge is 0.349 e. The summed E-state index contributed by atoms with van der Waals surface area (Å²) in [5, 5.41) is 9.03. The summed E-state index contributed by atoms with van der Waals surface area (Å²) in [6.45, 7) is 2.41. The first-order valence-electron chi connectivity index (χ1n) is 6.46. The van der Waals surface area contributed by atoms with Crippen LogP contribution in [0.4, 0.5) is 0 Å². The van der Waals surface area contributed by atoms with Crippen LogP contribution in [0.15, 0.2) is 36.2 Å². The molecule has 6 nitrogen and oxygen atoms in total. The lowest BCUT2D eigenvalue weighted by Crippen LogP contribution is -2.32. The van der Waals surface area contributed by atoms with Gasteiger partial charge >= 0.3 is 0 Å². The minimum atomic E-state index is -0.270. The zero-order valence-electron chi connectivity index (χ0n) is 11.1. The fraction of sp³-hybridized carbons (Fsp3) is 0.308. The lowest BCUT2D eigenvalue weighted by molar-refractivity contribution is -0.124. The number of nitrogens with zero attached hydrogens (tertiary/aromatic N) is 4. The fourth-order valence-corrected chi connectivity index (χ4v) is 2.83. The predicted molar refractivity (Wildman–Crippen MR) is 76.5 cm³/mol. The first-order chi connectivity index (χ1) is 9.78. The Morgan fingerprint density at radius 3 is 3.10 bits per heavy atom. The van der Waals surface area contributed by atoms with Crippen LogP contribution in [0, 0.1) is 0 Å². The van der Waals surface area contributed by atoms with Crippen LogP contribution in [-0.4, -0.2) is 25.1 Å². The molecule has 3 aromatic rings. The first-order valence-corrected chi connectivity index (χ1v) is 7.34. The van der Waals surface area contributed by atoms with E-state index in [0.717, 1.165) is 10.7 Å². The summed E-state index contributed by atoms with van der Waals surface area (Å²) in [7, 11) is 0. The minimum Gasteiger partial charge on any atom is -0.349 e. The Balaban J connectivity index is 1.65. The molecule has 0 fully saturated rings. The summed E-state index contributed by atoms with van der Waals surface area (Å²) in [5.41, 5.74) is 0.862. The van der Waals surface area contributed by atoms with Gasteiger partial charge in [-0.2, -0.15) is 5.10 Å². The molecule has 0 aliphatic carbocycles. The molecule has 0 aromatic carbocycles. The Morgan fingerprint density at radius 2 is 2.40 bits per heavy atom. The van der Waals surface area contributed by atoms with Gasteiger partial charge in [0.2, 0.25) is 5.91 Å². The number of rotatable bonds is 5. The summed E-state index contributed by atoms with van der Waals surface area (Å²) in [6.07, 6.45) is 8.07. The number of carbonyl (C=O) groups is 1. The molecule has 0 radical (unpaired) electrons. The van der Waals surface area contributed by atoms with Gasteiger partial charge in [0.1, 0.15) is 6.04 Å². The van der Waals surface area contributed by atoms with Crippen LogP contribution < -0.4 is 5.32 Å². The molecule has 0 saturated carbocycles. The van der Waals surface area contributed by atoms with Crippen molar-refractivity contribution in [3.63, 3.8) is 0 Å². The van der Waals surface area contributed by atoms with E-state index in [2.05, 4.69) is 15.4 Å². The highest BCUT2D eigenvalue weighted by Gasteiger charge is 2.18. The van der Waals surface area contributed by atoms with E-state index in [1.165, 1.54) is 0 Å². The Morgan fingerprint density at radius 1 is 1.50 bits per heavy atom. The zero-order chi connectivity index (χ0) is 13.9. The molecule has 1 atom stereocenters. The molecule has 0 aliphatic rings. The Hall–Kier alpha value is -2.15. The summed E-state index contributed by atoms with van der Waals surface area (Å²) < 4.78 is 3.64. The quantitative estimate of drug-likeness (QED) is 0.779. The van der Waals surface area contributed by atoms with Gasteiger partial charge in [0.15, 0.2) is 4.96 Å². The molecule has 1 N–H and O–H groups in total. The van der Waals surface area contributed by atoms with Crippen molar-refractivity contribution < 1.29 is 4.79 Å². The van der Waals surface area contributed by atoms with Crippen LogP contribution in [0.2, 0.25) is 0 Å². The molecule has 7 heteroatoms. The summed E-state index contributed by atoms with van der Waals surface area (Å²) in [6, 6.07) is 1.55. The first kappa shape index (κ1) is 12.9. The molecule has 0 spiro atoms. The normalized spacial score (nSPS) is 12.7. The average Bonchev–Trinajstić information content (AvgIpc) is 3.13. The maximum atomic E-state index is 12.2. The van der Waals surface area contributed by atoms with Crippen LogP contribution in [0.5, 0.6) is 0 Å². The number of imidazole rings is 1. The van der Waals surface area contributed by atoms with Crippen molar-refractivity contribution in [2.75, 3.05) is 0 Å². The number of nitrogens with one attached hydrogen (secondary N) is 1. The molecule has 3 heterocycles. The SMILES string of the molecule is CC[C@@H](C(=O)NCc1cn2ccsc2n1)n1cccn1. The van der Waals surface area contributed by atoms with E-state index >= 15 is 0 Å². The van der Waals surface area contributed by atoms with Crippen molar-refractivity contribution in [3.05, 3.63) is 41.9 Å². The van der Waals surface area contributed by atoms with Crippen molar-refractivity contribution in [1.82, 2.24) is 24.5 Å². The van der Waals surface area contributed by atoms with E-state index in [-0.39, 0.29) is 11.9 Å². The molecule has 0 unspecified atom stereocenters. The van der Waals surface area contributed by atoms with Crippen LogP contribution >= 0.6 is 11.3 Å². The lowest BCUT2D eigenvalue weighted by atomic mass is 10.2. The van der Waals surface area contributed by atoms with Crippen LogP contribution in [0.1, 0.15) is 25.1 Å². The van der Waals surface area contributed by atoms with E-state index in [4.69, 9.17) is 0 Å². The summed E-state index contributed by atoms with van der Waals surface area (Å²) >= 11 is 1.58. The average molecular weight is 289 g/mol. The highest BCUT2D eigenvalue weighted by Crippen LogP contribution is 2.12. The molecule has 0 aliphatic heterocycles. The Bertz CT molecular complexity index is 671. The van der Waals surface area contributed by atoms with Gasteiger partial charge < -0.3 is 5.32 Å². The van der Waals surface area contributed by atoms with Crippen molar-refractivity contribution in [1.29, 1.82) is 0 Å². The number of thiazole rings is 1. The zero-order valence-corrected chi connectivity index (χ0v) is 11.9. The molecule has 3 aromatic heterocycles. The second-order valence-electron chi connectivity index (χ2n) is 4.45. The van der Waals surface area contributed by atoms with Gasteiger partial charge in [-0.25, -0.2) is 4.98 Å². The lowest BCUT2D eigenvalue weighted by Gasteiger charge is -2.14. The third kappa shape index (κ3) is 2.44. The Kier molecular flexibility index (Phi) is 3.51. The van der Waals surface area contributed by atoms with E-state index in [9.17, 15) is 4.79 Å². The smallest absolute Gasteiger partial charge is 0.245 e. The number of aromatic nitrogens is 4. The number of carbonyl (C=O) groups excluding carboxylic acids is 1. The van der Waals surface area contributed by atoms with Gasteiger partial charge in [-0.15, -0.1) is 11.3 Å². The van der Waals surface area contributed by atoms with Gasteiger partial charge in [0, 0.05) is 30.2 Å². The fourth-order valence-electron chi connectivity index (χ4n) is 2.11. The van der Waals surface area contributed by atoms with Gasteiger partial charge in [-0.1, -0.05) is 6.92 Å². The summed E-state index contributed by atoms with van der Waals surface area (Å²) in [4.78, 5) is 17.6. The van der Waals surface area contributed by atoms with Crippen molar-refractivity contribution >= 4 is 22.2 Å². The second-order valence-corrected chi connectivity index (χ2v) is 5.33. The van der Waals surface area contributed by atoms with Gasteiger partial charge in [-0.05, 0) is 12.5 Å². The second kappa shape index (κ2) is 5.46. The maximum Gasteiger partial charge on any atom is 0.245 e. The van der Waals surface area contributed by atoms with E-state index in [0.29, 0.717) is 13.0 Å². The van der Waals surface area contributed by atoms with Crippen molar-refractivity contribution in [2.45, 2.75) is 25.9 Å².